The van der Waals surface area contributed by atoms with Gasteiger partial charge in [0, 0.05) is 0 Å². The summed E-state index contributed by atoms with van der Waals surface area (Å²) in [5.74, 6) is -2.83. The van der Waals surface area contributed by atoms with Crippen molar-refractivity contribution in [3.8, 4) is 11.5 Å². The Morgan fingerprint density at radius 1 is 1.53 bits per heavy atom. The van der Waals surface area contributed by atoms with E-state index in [1.54, 1.807) is 0 Å². The number of ketones is 1. The maximum Gasteiger partial charge on any atom is 0.157 e. The zero-order valence-electron chi connectivity index (χ0n) is 11.9. The van der Waals surface area contributed by atoms with E-state index in [2.05, 4.69) is 0 Å². The Kier molecular flexibility index (Phi) is 1.95. The molecule has 1 aromatic carbocycles. The number of phenols is 2. The summed E-state index contributed by atoms with van der Waals surface area (Å²) in [5.41, 5.74) is 4.53. The van der Waals surface area contributed by atoms with Gasteiger partial charge in [0.2, 0.25) is 0 Å². The van der Waals surface area contributed by atoms with Gasteiger partial charge in [-0.1, -0.05) is 6.04 Å². The monoisotopic (exact) mass is 215 g/mol. The van der Waals surface area contributed by atoms with E-state index in [0.29, 0.717) is 0 Å². The number of hydrogen-bond donors (Lipinski definition) is 4. The van der Waals surface area contributed by atoms with Gasteiger partial charge in [-0.15, -0.1) is 0 Å². The summed E-state index contributed by atoms with van der Waals surface area (Å²) < 4.78 is 30.0. The minimum atomic E-state index is -2.86. The molecule has 5 N–H and O–H groups in total. The zero-order chi connectivity index (χ0) is 15.1. The van der Waals surface area contributed by atoms with Gasteiger partial charge in [0.1, 0.15) is 11.9 Å². The summed E-state index contributed by atoms with van der Waals surface area (Å²) in [6.07, 6.45) is -2.86. The quantitative estimate of drug-likeness (QED) is 0.533. The molecule has 1 rings (SSSR count). The molecule has 0 bridgehead atoms. The maximum atomic E-state index is 11.1. The molecular weight excluding hydrogens is 198 g/mol. The van der Waals surface area contributed by atoms with Gasteiger partial charge in [-0.2, -0.15) is 0 Å². The fraction of sp³-hybridized carbons (Fsp3) is 0.300. The van der Waals surface area contributed by atoms with E-state index in [0.717, 1.165) is 6.92 Å². The average Bonchev–Trinajstić information content (AvgIpc) is 2.32. The highest BCUT2D eigenvalue weighted by molar-refractivity contribution is 5.82. The lowest BCUT2D eigenvalue weighted by molar-refractivity contribution is -0.120. The number of nitrogens with two attached hydrogens (primary N) is 1. The number of phenolic OH excluding ortho intramolecular Hbond substituents is 2. The van der Waals surface area contributed by atoms with Crippen LogP contribution in [0.25, 0.3) is 0 Å². The van der Waals surface area contributed by atoms with Gasteiger partial charge in [0.15, 0.2) is 11.5 Å². The molecule has 0 aliphatic carbocycles. The Labute approximate surface area is 92.4 Å². The van der Waals surface area contributed by atoms with Gasteiger partial charge >= 0.3 is 0 Å². The molecule has 0 spiro atoms. The molecule has 5 heteroatoms. The predicted molar refractivity (Wildman–Crippen MR) is 53.4 cm³/mol. The number of carbonyl (C=O) groups is 1. The van der Waals surface area contributed by atoms with Crippen molar-refractivity contribution in [3.05, 3.63) is 23.7 Å². The van der Waals surface area contributed by atoms with Crippen molar-refractivity contribution in [3.63, 3.8) is 0 Å². The Balaban J connectivity index is 3.64. The summed E-state index contributed by atoms with van der Waals surface area (Å²) in [6, 6.07) is -4.41. The molecule has 5 nitrogen and oxygen atoms in total. The lowest BCUT2D eigenvalue weighted by Gasteiger charge is -2.16. The Bertz CT molecular complexity index is 518. The highest BCUT2D eigenvalue weighted by Crippen LogP contribution is 2.28. The molecular formula is C10H13NO4. The topological polar surface area (TPSA) is 104 Å². The molecule has 82 valence electrons. The minimum absolute atomic E-state index is 0.768. The van der Waals surface area contributed by atoms with Crippen LogP contribution in [0.15, 0.2) is 18.1 Å². The second kappa shape index (κ2) is 4.29. The van der Waals surface area contributed by atoms with E-state index in [1.165, 1.54) is 0 Å². The molecule has 15 heavy (non-hydrogen) atoms. The van der Waals surface area contributed by atoms with Crippen molar-refractivity contribution < 1.29 is 25.6 Å². The summed E-state index contributed by atoms with van der Waals surface area (Å²) in [6.45, 7) is 1.01. The Morgan fingerprint density at radius 3 is 2.67 bits per heavy atom. The molecule has 0 unspecified atom stereocenters. The van der Waals surface area contributed by atoms with E-state index in [-0.39, 0.29) is 0 Å². The van der Waals surface area contributed by atoms with E-state index in [9.17, 15) is 20.1 Å². The average molecular weight is 215 g/mol. The molecule has 0 heterocycles. The van der Waals surface area contributed by atoms with Crippen molar-refractivity contribution in [1.82, 2.24) is 0 Å². The maximum absolute atomic E-state index is 11.1. The third kappa shape index (κ3) is 2.45. The highest BCUT2D eigenvalue weighted by Gasteiger charge is 2.21. The second-order valence-corrected chi connectivity index (χ2v) is 2.92. The van der Waals surface area contributed by atoms with Gasteiger partial charge in [-0.25, -0.2) is 0 Å². The van der Waals surface area contributed by atoms with Crippen LogP contribution >= 0.6 is 0 Å². The van der Waals surface area contributed by atoms with Gasteiger partial charge in [0.25, 0.3) is 0 Å². The number of rotatable bonds is 3. The van der Waals surface area contributed by atoms with Crippen LogP contribution in [0.1, 0.15) is 24.1 Å². The molecule has 0 radical (unpaired) electrons. The first-order chi connectivity index (χ1) is 8.53. The molecule has 0 saturated carbocycles. The van der Waals surface area contributed by atoms with E-state index in [1.807, 2.05) is 0 Å². The van der Waals surface area contributed by atoms with Crippen LogP contribution in [0.5, 0.6) is 11.5 Å². The molecule has 2 atom stereocenters. The summed E-state index contributed by atoms with van der Waals surface area (Å²) in [5, 5.41) is 28.6. The third-order valence-corrected chi connectivity index (χ3v) is 1.76. The van der Waals surface area contributed by atoms with E-state index < -0.39 is 53.1 Å². The predicted octanol–water partition coefficient (Wildman–Crippen LogP) is 0.0475. The normalized spacial score (nSPS) is 20.5. The fourth-order valence-electron chi connectivity index (χ4n) is 0.866. The number of carbonyl (C=O) groups excluding carboxylic acids is 1. The molecule has 0 aliphatic rings. The largest absolute Gasteiger partial charge is 0.504 e. The van der Waals surface area contributed by atoms with Crippen molar-refractivity contribution in [2.75, 3.05) is 0 Å². The van der Waals surface area contributed by atoms with Gasteiger partial charge in [-0.05, 0) is 24.6 Å². The molecule has 0 fully saturated rings. The number of aromatic hydroxyl groups is 2. The second-order valence-electron chi connectivity index (χ2n) is 2.92. The van der Waals surface area contributed by atoms with Gasteiger partial charge in [-0.3, -0.25) is 4.79 Å². The fourth-order valence-corrected chi connectivity index (χ4v) is 0.866. The van der Waals surface area contributed by atoms with Crippen LogP contribution in [0, 0.1) is 0 Å². The van der Waals surface area contributed by atoms with Crippen molar-refractivity contribution in [2.24, 2.45) is 5.73 Å². The standard InChI is InChI=1S/C10H13NO4/c1-5(12)9(11)10(15)6-2-3-7(13)8(14)4-6/h2-4,9-10,13-15H,11H2,1H3/t9-,10-/m1/s1/i2D,3D,4D,10D. The van der Waals surface area contributed by atoms with Gasteiger partial charge < -0.3 is 21.1 Å². The number of Topliss-reactive ketones (excluding diaryl/α,β-unsaturated/α-hetero) is 1. The molecule has 1 aromatic rings. The summed E-state index contributed by atoms with van der Waals surface area (Å²) in [7, 11) is 0. The van der Waals surface area contributed by atoms with Crippen LogP contribution < -0.4 is 5.73 Å². The first-order valence-electron chi connectivity index (χ1n) is 6.04. The van der Waals surface area contributed by atoms with Crippen LogP contribution in [-0.2, 0) is 4.79 Å². The number of aliphatic hydroxyl groups is 1. The van der Waals surface area contributed by atoms with Crippen molar-refractivity contribution in [2.45, 2.75) is 19.0 Å². The van der Waals surface area contributed by atoms with E-state index >= 15 is 0 Å². The molecule has 0 aliphatic heterocycles. The van der Waals surface area contributed by atoms with Crippen LogP contribution in [-0.4, -0.2) is 27.1 Å². The van der Waals surface area contributed by atoms with Crippen molar-refractivity contribution in [1.29, 1.82) is 0 Å². The Morgan fingerprint density at radius 2 is 2.13 bits per heavy atom. The molecule has 0 aromatic heterocycles. The lowest BCUT2D eigenvalue weighted by Crippen LogP contribution is -2.35. The molecule has 0 saturated heterocycles. The van der Waals surface area contributed by atoms with E-state index in [4.69, 9.17) is 11.2 Å². The highest BCUT2D eigenvalue weighted by atomic mass is 16.3. The lowest BCUT2D eigenvalue weighted by atomic mass is 10.00. The van der Waals surface area contributed by atoms with Crippen LogP contribution in [0.3, 0.4) is 0 Å². The first-order valence-corrected chi connectivity index (χ1v) is 4.04. The minimum Gasteiger partial charge on any atom is -0.504 e. The van der Waals surface area contributed by atoms with Gasteiger partial charge in [0.05, 0.1) is 11.5 Å². The van der Waals surface area contributed by atoms with Crippen LogP contribution in [0.4, 0.5) is 0 Å². The summed E-state index contributed by atoms with van der Waals surface area (Å²) in [4.78, 5) is 11.1. The van der Waals surface area contributed by atoms with Crippen LogP contribution in [0.2, 0.25) is 0 Å². The van der Waals surface area contributed by atoms with Crippen molar-refractivity contribution >= 4 is 5.78 Å². The SMILES string of the molecule is [2H]c1c([2H])c([C@@]([2H])(O)[C@H](N)C(C)=O)c([2H])c(O)c1O. The first kappa shape index (κ1) is 6.81. The number of hydrogen-bond acceptors (Lipinski definition) is 5. The Hall–Kier alpha value is -1.59. The smallest absolute Gasteiger partial charge is 0.157 e. The number of benzene rings is 1. The summed E-state index contributed by atoms with van der Waals surface area (Å²) >= 11 is 0. The zero-order valence-corrected chi connectivity index (χ0v) is 7.90. The third-order valence-electron chi connectivity index (χ3n) is 1.76. The molecule has 0 amide bonds.